The first-order chi connectivity index (χ1) is 9.28. The maximum atomic E-state index is 11.2. The number of piperidine rings is 1. The predicted molar refractivity (Wildman–Crippen MR) is 78.2 cm³/mol. The Labute approximate surface area is 119 Å². The van der Waals surface area contributed by atoms with E-state index in [0.29, 0.717) is 5.92 Å². The van der Waals surface area contributed by atoms with Gasteiger partial charge in [-0.3, -0.25) is 9.69 Å². The summed E-state index contributed by atoms with van der Waals surface area (Å²) in [5.74, 6) is 0.534. The van der Waals surface area contributed by atoms with Crippen molar-refractivity contribution in [2.75, 3.05) is 25.5 Å². The third-order valence-electron chi connectivity index (χ3n) is 3.56. The molecule has 1 N–H and O–H groups in total. The second-order valence-electron chi connectivity index (χ2n) is 5.17. The van der Waals surface area contributed by atoms with Gasteiger partial charge in [-0.05, 0) is 30.9 Å². The van der Waals surface area contributed by atoms with Crippen LogP contribution in [0.3, 0.4) is 0 Å². The third kappa shape index (κ3) is 4.84. The topological polar surface area (TPSA) is 32.3 Å². The number of hydrogen-bond acceptors (Lipinski definition) is 2. The van der Waals surface area contributed by atoms with Gasteiger partial charge < -0.3 is 5.32 Å². The third-order valence-corrected chi connectivity index (χ3v) is 3.80. The van der Waals surface area contributed by atoms with Gasteiger partial charge in [0.1, 0.15) is 5.88 Å². The molecule has 0 bridgehead atoms. The van der Waals surface area contributed by atoms with Crippen molar-refractivity contribution in [2.45, 2.75) is 19.4 Å². The first kappa shape index (κ1) is 14.4. The van der Waals surface area contributed by atoms with Crippen molar-refractivity contribution in [1.29, 1.82) is 0 Å². The quantitative estimate of drug-likeness (QED) is 0.839. The predicted octanol–water partition coefficient (Wildman–Crippen LogP) is 2.25. The lowest BCUT2D eigenvalue weighted by molar-refractivity contribution is -0.118. The molecular weight excluding hydrogens is 260 g/mol. The summed E-state index contributed by atoms with van der Waals surface area (Å²) in [5.41, 5.74) is 1.35. The number of carbonyl (C=O) groups is 1. The van der Waals surface area contributed by atoms with E-state index in [1.54, 1.807) is 0 Å². The van der Waals surface area contributed by atoms with Crippen LogP contribution in [0.5, 0.6) is 0 Å². The number of nitrogens with one attached hydrogen (secondary N) is 1. The van der Waals surface area contributed by atoms with Gasteiger partial charge in [0.15, 0.2) is 0 Å². The molecule has 1 aromatic carbocycles. The van der Waals surface area contributed by atoms with Crippen LogP contribution in [0, 0.1) is 5.92 Å². The molecule has 3 nitrogen and oxygen atoms in total. The van der Waals surface area contributed by atoms with Crippen molar-refractivity contribution in [3.63, 3.8) is 0 Å². The molecule has 1 aromatic rings. The molecule has 1 atom stereocenters. The van der Waals surface area contributed by atoms with Gasteiger partial charge in [-0.15, -0.1) is 11.6 Å². The minimum atomic E-state index is -0.0677. The Balaban J connectivity index is 1.79. The Morgan fingerprint density at radius 1 is 1.37 bits per heavy atom. The molecule has 0 saturated carbocycles. The monoisotopic (exact) mass is 280 g/mol. The Bertz CT molecular complexity index is 396. The zero-order chi connectivity index (χ0) is 13.5. The molecule has 1 fully saturated rings. The van der Waals surface area contributed by atoms with Gasteiger partial charge in [0.25, 0.3) is 0 Å². The highest BCUT2D eigenvalue weighted by atomic mass is 35.5. The van der Waals surface area contributed by atoms with Gasteiger partial charge in [-0.2, -0.15) is 0 Å². The zero-order valence-corrected chi connectivity index (χ0v) is 11.9. The van der Waals surface area contributed by atoms with Crippen molar-refractivity contribution >= 4 is 17.5 Å². The molecular formula is C15H21ClN2O. The summed E-state index contributed by atoms with van der Waals surface area (Å²) < 4.78 is 0. The summed E-state index contributed by atoms with van der Waals surface area (Å²) in [6.45, 7) is 3.95. The Morgan fingerprint density at radius 2 is 2.16 bits per heavy atom. The summed E-state index contributed by atoms with van der Waals surface area (Å²) in [6.07, 6.45) is 2.39. The van der Waals surface area contributed by atoms with Crippen LogP contribution in [0.15, 0.2) is 30.3 Å². The molecule has 0 aromatic heterocycles. The first-order valence-electron chi connectivity index (χ1n) is 6.87. The highest BCUT2D eigenvalue weighted by Crippen LogP contribution is 2.17. The maximum Gasteiger partial charge on any atom is 0.234 e. The van der Waals surface area contributed by atoms with E-state index in [0.717, 1.165) is 26.2 Å². The molecule has 1 aliphatic rings. The first-order valence-corrected chi connectivity index (χ1v) is 7.40. The van der Waals surface area contributed by atoms with E-state index in [2.05, 4.69) is 34.5 Å². The minimum absolute atomic E-state index is 0.0560. The summed E-state index contributed by atoms with van der Waals surface area (Å²) in [7, 11) is 0. The molecule has 19 heavy (non-hydrogen) atoms. The van der Waals surface area contributed by atoms with E-state index in [4.69, 9.17) is 11.6 Å². The normalized spacial score (nSPS) is 20.2. The van der Waals surface area contributed by atoms with Gasteiger partial charge in [-0.1, -0.05) is 30.3 Å². The fourth-order valence-electron chi connectivity index (χ4n) is 2.61. The summed E-state index contributed by atoms with van der Waals surface area (Å²) in [5, 5.41) is 2.89. The van der Waals surface area contributed by atoms with Crippen LogP contribution in [-0.2, 0) is 11.3 Å². The molecule has 1 saturated heterocycles. The van der Waals surface area contributed by atoms with Gasteiger partial charge in [-0.25, -0.2) is 0 Å². The van der Waals surface area contributed by atoms with Crippen LogP contribution in [0.4, 0.5) is 0 Å². The summed E-state index contributed by atoms with van der Waals surface area (Å²) >= 11 is 5.48. The number of rotatable bonds is 5. The Morgan fingerprint density at radius 3 is 2.89 bits per heavy atom. The molecule has 2 rings (SSSR count). The van der Waals surface area contributed by atoms with Crippen molar-refractivity contribution in [2.24, 2.45) is 5.92 Å². The Hall–Kier alpha value is -1.06. The van der Waals surface area contributed by atoms with Gasteiger partial charge in [0.05, 0.1) is 0 Å². The SMILES string of the molecule is O=C(CCl)NC[C@@H]1CCCN(Cc2ccccc2)C1. The van der Waals surface area contributed by atoms with E-state index in [9.17, 15) is 4.79 Å². The summed E-state index contributed by atoms with van der Waals surface area (Å²) in [6, 6.07) is 10.5. The van der Waals surface area contributed by atoms with Gasteiger partial charge >= 0.3 is 0 Å². The fourth-order valence-corrected chi connectivity index (χ4v) is 2.70. The van der Waals surface area contributed by atoms with Crippen molar-refractivity contribution < 1.29 is 4.79 Å². The zero-order valence-electron chi connectivity index (χ0n) is 11.1. The van der Waals surface area contributed by atoms with Crippen LogP contribution in [-0.4, -0.2) is 36.3 Å². The van der Waals surface area contributed by atoms with Crippen molar-refractivity contribution in [3.8, 4) is 0 Å². The van der Waals surface area contributed by atoms with E-state index < -0.39 is 0 Å². The van der Waals surface area contributed by atoms with Crippen molar-refractivity contribution in [3.05, 3.63) is 35.9 Å². The van der Waals surface area contributed by atoms with E-state index in [1.165, 1.54) is 18.4 Å². The smallest absolute Gasteiger partial charge is 0.234 e. The largest absolute Gasteiger partial charge is 0.355 e. The van der Waals surface area contributed by atoms with Crippen molar-refractivity contribution in [1.82, 2.24) is 10.2 Å². The average molecular weight is 281 g/mol. The number of halogens is 1. The second-order valence-corrected chi connectivity index (χ2v) is 5.43. The number of hydrogen-bond donors (Lipinski definition) is 1. The van der Waals surface area contributed by atoms with E-state index >= 15 is 0 Å². The minimum Gasteiger partial charge on any atom is -0.355 e. The number of carbonyl (C=O) groups excluding carboxylic acids is 1. The van der Waals surface area contributed by atoms with Gasteiger partial charge in [0.2, 0.25) is 5.91 Å². The number of likely N-dealkylation sites (tertiary alicyclic amines) is 1. The van der Waals surface area contributed by atoms with E-state index in [-0.39, 0.29) is 11.8 Å². The second kappa shape index (κ2) is 7.51. The molecule has 0 spiro atoms. The lowest BCUT2D eigenvalue weighted by Crippen LogP contribution is -2.40. The average Bonchev–Trinajstić information content (AvgIpc) is 2.46. The molecule has 0 radical (unpaired) electrons. The van der Waals surface area contributed by atoms with E-state index in [1.807, 2.05) is 6.07 Å². The number of amides is 1. The molecule has 0 aliphatic carbocycles. The lowest BCUT2D eigenvalue weighted by Gasteiger charge is -2.32. The number of nitrogens with zero attached hydrogens (tertiary/aromatic N) is 1. The lowest BCUT2D eigenvalue weighted by atomic mass is 9.97. The Kier molecular flexibility index (Phi) is 5.67. The van der Waals surface area contributed by atoms with Gasteiger partial charge in [0, 0.05) is 19.6 Å². The standard InChI is InChI=1S/C15H21ClN2O/c16-9-15(19)17-10-14-7-4-8-18(12-14)11-13-5-2-1-3-6-13/h1-3,5-6,14H,4,7-12H2,(H,17,19)/t14-/m0/s1. The molecule has 1 amide bonds. The molecule has 104 valence electrons. The van der Waals surface area contributed by atoms with Crippen LogP contribution in [0.25, 0.3) is 0 Å². The molecule has 1 heterocycles. The molecule has 0 unspecified atom stereocenters. The summed E-state index contributed by atoms with van der Waals surface area (Å²) in [4.78, 5) is 13.6. The van der Waals surface area contributed by atoms with Crippen LogP contribution in [0.2, 0.25) is 0 Å². The fraction of sp³-hybridized carbons (Fsp3) is 0.533. The number of alkyl halides is 1. The molecule has 4 heteroatoms. The van der Waals surface area contributed by atoms with Crippen LogP contribution >= 0.6 is 11.6 Å². The van der Waals surface area contributed by atoms with Crippen LogP contribution in [0.1, 0.15) is 18.4 Å². The maximum absolute atomic E-state index is 11.2. The van der Waals surface area contributed by atoms with Crippen LogP contribution < -0.4 is 5.32 Å². The number of benzene rings is 1. The highest BCUT2D eigenvalue weighted by molar-refractivity contribution is 6.27. The molecule has 1 aliphatic heterocycles. The highest BCUT2D eigenvalue weighted by Gasteiger charge is 2.20.